The summed E-state index contributed by atoms with van der Waals surface area (Å²) >= 11 is 1.82. The molecular weight excluding hydrogens is 410 g/mol. The highest BCUT2D eigenvalue weighted by Crippen LogP contribution is 2.29. The van der Waals surface area contributed by atoms with Crippen molar-refractivity contribution in [1.29, 1.82) is 0 Å². The van der Waals surface area contributed by atoms with E-state index in [1.807, 2.05) is 35.0 Å². The fourth-order valence-corrected chi connectivity index (χ4v) is 5.53. The number of aryl methyl sites for hydroxylation is 1. The molecule has 1 unspecified atom stereocenters. The highest BCUT2D eigenvalue weighted by Gasteiger charge is 2.26. The fraction of sp³-hybridized carbons (Fsp3) is 0.591. The molecule has 0 spiro atoms. The number of aromatic nitrogens is 1. The van der Waals surface area contributed by atoms with Crippen molar-refractivity contribution >= 4 is 17.0 Å². The molecule has 1 aliphatic heterocycles. The Balaban J connectivity index is 1.26. The maximum atomic E-state index is 8.47. The van der Waals surface area contributed by atoms with Gasteiger partial charge in [-0.2, -0.15) is 0 Å². The van der Waals surface area contributed by atoms with Gasteiger partial charge in [0.1, 0.15) is 5.75 Å². The van der Waals surface area contributed by atoms with Crippen LogP contribution in [0.3, 0.4) is 0 Å². The van der Waals surface area contributed by atoms with Gasteiger partial charge < -0.3 is 9.64 Å². The third-order valence-corrected chi connectivity index (χ3v) is 7.30. The second-order valence-electron chi connectivity index (χ2n) is 8.05. The van der Waals surface area contributed by atoms with Gasteiger partial charge in [0.25, 0.3) is 0 Å². The van der Waals surface area contributed by atoms with E-state index in [1.165, 1.54) is 17.0 Å². The number of likely N-dealkylation sites (N-methyl/N-ethyl adjacent to an activating group) is 1. The Hall–Kier alpha value is -2.32. The van der Waals surface area contributed by atoms with Gasteiger partial charge in [-0.1, -0.05) is 24.2 Å². The number of para-hydroxylation sites is 2. The molecule has 0 N–H and O–H groups in total. The quantitative estimate of drug-likeness (QED) is 0.336. The lowest BCUT2D eigenvalue weighted by Gasteiger charge is -2.39. The van der Waals surface area contributed by atoms with E-state index in [9.17, 15) is 0 Å². The molecule has 1 fully saturated rings. The standard InChI is InChI=1S/C22H31N7OS/c1-2-28(18-7-8-19-22(15-18)31-17-24-19)12-9-27-10-13-29(14-11-27)20-5-3-4-6-21(20)30-16-25-26-23/h3-6,17-18H,2,7-16H2,1H3. The number of rotatable bonds is 9. The van der Waals surface area contributed by atoms with Crippen LogP contribution in [0.15, 0.2) is 34.9 Å². The summed E-state index contributed by atoms with van der Waals surface area (Å²) in [6.07, 6.45) is 3.51. The van der Waals surface area contributed by atoms with Crippen LogP contribution in [0.25, 0.3) is 10.4 Å². The molecule has 1 aliphatic carbocycles. The number of piperazine rings is 1. The molecule has 0 amide bonds. The molecule has 1 aromatic carbocycles. The van der Waals surface area contributed by atoms with Crippen molar-refractivity contribution < 1.29 is 4.74 Å². The van der Waals surface area contributed by atoms with Gasteiger partial charge >= 0.3 is 0 Å². The van der Waals surface area contributed by atoms with Crippen molar-refractivity contribution in [3.63, 3.8) is 0 Å². The van der Waals surface area contributed by atoms with Crippen LogP contribution in [-0.2, 0) is 12.8 Å². The minimum atomic E-state index is 0.0184. The first-order valence-corrected chi connectivity index (χ1v) is 12.0. The summed E-state index contributed by atoms with van der Waals surface area (Å²) in [5, 5.41) is 3.49. The van der Waals surface area contributed by atoms with Crippen LogP contribution < -0.4 is 9.64 Å². The van der Waals surface area contributed by atoms with E-state index < -0.39 is 0 Å². The smallest absolute Gasteiger partial charge is 0.167 e. The van der Waals surface area contributed by atoms with E-state index >= 15 is 0 Å². The third kappa shape index (κ3) is 5.49. The second kappa shape index (κ2) is 10.8. The number of benzene rings is 1. The zero-order valence-corrected chi connectivity index (χ0v) is 19.0. The Morgan fingerprint density at radius 2 is 2.13 bits per heavy atom. The molecule has 8 nitrogen and oxygen atoms in total. The Labute approximate surface area is 188 Å². The number of hydrogen-bond donors (Lipinski definition) is 0. The van der Waals surface area contributed by atoms with Gasteiger partial charge in [-0.3, -0.25) is 9.80 Å². The fourth-order valence-electron chi connectivity index (χ4n) is 4.64. The van der Waals surface area contributed by atoms with Crippen LogP contribution in [0, 0.1) is 0 Å². The molecule has 166 valence electrons. The molecule has 9 heteroatoms. The number of anilines is 1. The summed E-state index contributed by atoms with van der Waals surface area (Å²) in [5.74, 6) is 0.778. The van der Waals surface area contributed by atoms with Crippen molar-refractivity contribution in [2.75, 3.05) is 57.4 Å². The number of hydrogen-bond acceptors (Lipinski definition) is 7. The molecule has 31 heavy (non-hydrogen) atoms. The summed E-state index contributed by atoms with van der Waals surface area (Å²) in [7, 11) is 0. The molecule has 0 radical (unpaired) electrons. The predicted molar refractivity (Wildman–Crippen MR) is 125 cm³/mol. The van der Waals surface area contributed by atoms with Crippen LogP contribution in [0.2, 0.25) is 0 Å². The molecule has 2 heterocycles. The summed E-state index contributed by atoms with van der Waals surface area (Å²) in [5.41, 5.74) is 12.9. The maximum absolute atomic E-state index is 8.47. The van der Waals surface area contributed by atoms with Gasteiger partial charge in [-0.05, 0) is 43.5 Å². The Morgan fingerprint density at radius 3 is 2.94 bits per heavy atom. The van der Waals surface area contributed by atoms with E-state index in [0.717, 1.165) is 70.1 Å². The van der Waals surface area contributed by atoms with Crippen LogP contribution in [0.1, 0.15) is 23.9 Å². The Morgan fingerprint density at radius 1 is 1.29 bits per heavy atom. The zero-order chi connectivity index (χ0) is 21.5. The third-order valence-electron chi connectivity index (χ3n) is 6.41. The minimum Gasteiger partial charge on any atom is -0.485 e. The van der Waals surface area contributed by atoms with E-state index in [-0.39, 0.29) is 6.73 Å². The number of thiazole rings is 1. The van der Waals surface area contributed by atoms with Gasteiger partial charge in [0.15, 0.2) is 6.73 Å². The summed E-state index contributed by atoms with van der Waals surface area (Å²) in [6, 6.07) is 8.65. The summed E-state index contributed by atoms with van der Waals surface area (Å²) in [4.78, 5) is 16.4. The van der Waals surface area contributed by atoms with Crippen molar-refractivity contribution in [2.24, 2.45) is 5.11 Å². The second-order valence-corrected chi connectivity index (χ2v) is 8.99. The van der Waals surface area contributed by atoms with E-state index in [0.29, 0.717) is 6.04 Å². The first kappa shape index (κ1) is 21.9. The molecule has 0 bridgehead atoms. The van der Waals surface area contributed by atoms with Crippen LogP contribution in [0.5, 0.6) is 5.75 Å². The van der Waals surface area contributed by atoms with Crippen molar-refractivity contribution in [1.82, 2.24) is 14.8 Å². The largest absolute Gasteiger partial charge is 0.485 e. The zero-order valence-electron chi connectivity index (χ0n) is 18.2. The first-order chi connectivity index (χ1) is 15.3. The highest BCUT2D eigenvalue weighted by molar-refractivity contribution is 7.09. The highest BCUT2D eigenvalue weighted by atomic mass is 32.1. The van der Waals surface area contributed by atoms with E-state index in [1.54, 1.807) is 0 Å². The van der Waals surface area contributed by atoms with Crippen LogP contribution >= 0.6 is 11.3 Å². The van der Waals surface area contributed by atoms with Crippen LogP contribution in [0.4, 0.5) is 5.69 Å². The number of ether oxygens (including phenoxy) is 1. The monoisotopic (exact) mass is 441 g/mol. The van der Waals surface area contributed by atoms with Gasteiger partial charge in [0, 0.05) is 55.1 Å². The van der Waals surface area contributed by atoms with Crippen molar-refractivity contribution in [3.05, 3.63) is 50.8 Å². The predicted octanol–water partition coefficient (Wildman–Crippen LogP) is 3.79. The number of nitrogens with zero attached hydrogens (tertiary/aromatic N) is 7. The van der Waals surface area contributed by atoms with E-state index in [4.69, 9.17) is 10.3 Å². The normalized spacial score (nSPS) is 19.2. The van der Waals surface area contributed by atoms with Gasteiger partial charge in [-0.15, -0.1) is 11.3 Å². The first-order valence-electron chi connectivity index (χ1n) is 11.1. The van der Waals surface area contributed by atoms with Gasteiger partial charge in [0.2, 0.25) is 0 Å². The molecule has 2 aromatic rings. The van der Waals surface area contributed by atoms with Crippen molar-refractivity contribution in [2.45, 2.75) is 32.2 Å². The molecule has 2 aliphatic rings. The number of fused-ring (bicyclic) bond motifs is 1. The molecular formula is C22H31N7OS. The minimum absolute atomic E-state index is 0.0184. The lowest BCUT2D eigenvalue weighted by molar-refractivity contribution is 0.152. The molecule has 4 rings (SSSR count). The Bertz CT molecular complexity index is 889. The lowest BCUT2D eigenvalue weighted by atomic mass is 9.96. The maximum Gasteiger partial charge on any atom is 0.167 e. The van der Waals surface area contributed by atoms with Gasteiger partial charge in [-0.25, -0.2) is 4.98 Å². The van der Waals surface area contributed by atoms with Crippen LogP contribution in [-0.4, -0.2) is 73.4 Å². The average molecular weight is 442 g/mol. The van der Waals surface area contributed by atoms with Crippen molar-refractivity contribution in [3.8, 4) is 5.75 Å². The summed E-state index contributed by atoms with van der Waals surface area (Å²) in [6.45, 7) is 9.69. The molecule has 0 saturated carbocycles. The Kier molecular flexibility index (Phi) is 7.64. The van der Waals surface area contributed by atoms with Gasteiger partial charge in [0.05, 0.1) is 16.9 Å². The summed E-state index contributed by atoms with van der Waals surface area (Å²) < 4.78 is 5.65. The lowest BCUT2D eigenvalue weighted by Crippen LogP contribution is -2.50. The average Bonchev–Trinajstić information content (AvgIpc) is 3.29. The number of azide groups is 1. The molecule has 1 atom stereocenters. The molecule has 1 saturated heterocycles. The SMILES string of the molecule is CCN(CCN1CCN(c2ccccc2OCN=[N+]=[N-])CC1)C1CCc2ncsc2C1. The molecule has 1 aromatic heterocycles. The van der Waals surface area contributed by atoms with E-state index in [2.05, 4.69) is 42.7 Å². The topological polar surface area (TPSA) is 80.6 Å².